The van der Waals surface area contributed by atoms with Crippen molar-refractivity contribution >= 4 is 39.6 Å². The molecular weight excluding hydrogens is 600 g/mol. The Labute approximate surface area is 251 Å². The fourth-order valence-electron chi connectivity index (χ4n) is 5.03. The zero-order chi connectivity index (χ0) is 29.6. The number of carbonyl (C=O) groups is 3. The number of fused-ring (bicyclic) bond motifs is 3. The molecule has 0 saturated carbocycles. The Morgan fingerprint density at radius 1 is 0.881 bits per heavy atom. The lowest BCUT2D eigenvalue weighted by atomic mass is 9.98. The predicted molar refractivity (Wildman–Crippen MR) is 162 cm³/mol. The molecule has 0 fully saturated rings. The van der Waals surface area contributed by atoms with E-state index < -0.39 is 30.1 Å². The highest BCUT2D eigenvalue weighted by molar-refractivity contribution is 9.10. The molecule has 4 aromatic carbocycles. The van der Waals surface area contributed by atoms with E-state index in [1.807, 2.05) is 66.7 Å². The van der Waals surface area contributed by atoms with Gasteiger partial charge in [0.25, 0.3) is 0 Å². The smallest absolute Gasteiger partial charge is 0.407 e. The summed E-state index contributed by atoms with van der Waals surface area (Å²) in [6.45, 7) is 1.98. The number of rotatable bonds is 10. The molecule has 8 nitrogen and oxygen atoms in total. The number of carboxylic acids is 1. The van der Waals surface area contributed by atoms with Crippen LogP contribution in [0.1, 0.15) is 39.9 Å². The summed E-state index contributed by atoms with van der Waals surface area (Å²) in [5, 5.41) is 14.8. The van der Waals surface area contributed by atoms with Crippen LogP contribution in [0, 0.1) is 0 Å². The van der Waals surface area contributed by atoms with Crippen molar-refractivity contribution in [2.75, 3.05) is 11.9 Å². The first-order valence-electron chi connectivity index (χ1n) is 13.4. The van der Waals surface area contributed by atoms with Gasteiger partial charge in [-0.3, -0.25) is 4.79 Å². The van der Waals surface area contributed by atoms with Crippen LogP contribution < -0.4 is 10.6 Å². The van der Waals surface area contributed by atoms with Crippen molar-refractivity contribution in [3.05, 3.63) is 124 Å². The number of halogens is 1. The molecule has 214 valence electrons. The van der Waals surface area contributed by atoms with Crippen molar-refractivity contribution in [3.8, 4) is 11.1 Å². The van der Waals surface area contributed by atoms with Gasteiger partial charge >= 0.3 is 12.1 Å². The fraction of sp³-hybridized carbons (Fsp3) is 0.182. The van der Waals surface area contributed by atoms with Gasteiger partial charge in [0.2, 0.25) is 5.91 Å². The highest BCUT2D eigenvalue weighted by atomic mass is 79.9. The summed E-state index contributed by atoms with van der Waals surface area (Å²) in [6, 6.07) is 28.6. The first-order chi connectivity index (χ1) is 20.3. The van der Waals surface area contributed by atoms with Crippen molar-refractivity contribution in [3.63, 3.8) is 0 Å². The Hall–Kier alpha value is -4.47. The summed E-state index contributed by atoms with van der Waals surface area (Å²) in [7, 11) is 0. The highest BCUT2D eigenvalue weighted by Gasteiger charge is 2.32. The molecule has 9 heteroatoms. The summed E-state index contributed by atoms with van der Waals surface area (Å²) < 4.78 is 12.1. The molecule has 0 heterocycles. The SMILES string of the molecule is CC(OCc1ccccc1)C(NC(=O)OCC1c2ccccc2-c2ccccc21)C(=O)Nc1cc(C(=O)O)ccc1Br. The normalized spacial score (nSPS) is 13.4. The zero-order valence-corrected chi connectivity index (χ0v) is 24.3. The average molecular weight is 630 g/mol. The summed E-state index contributed by atoms with van der Waals surface area (Å²) in [6.07, 6.45) is -1.53. The number of ether oxygens (including phenoxy) is 2. The van der Waals surface area contributed by atoms with E-state index in [0.29, 0.717) is 4.47 Å². The third kappa shape index (κ3) is 6.53. The Balaban J connectivity index is 1.31. The minimum atomic E-state index is -1.15. The highest BCUT2D eigenvalue weighted by Crippen LogP contribution is 2.44. The van der Waals surface area contributed by atoms with Crippen molar-refractivity contribution < 1.29 is 29.0 Å². The summed E-state index contributed by atoms with van der Waals surface area (Å²) in [4.78, 5) is 38.1. The monoisotopic (exact) mass is 628 g/mol. The minimum absolute atomic E-state index is 0.00270. The molecule has 5 rings (SSSR count). The van der Waals surface area contributed by atoms with E-state index in [2.05, 4.69) is 38.7 Å². The molecule has 1 aliphatic carbocycles. The number of anilines is 1. The van der Waals surface area contributed by atoms with Crippen LogP contribution >= 0.6 is 15.9 Å². The van der Waals surface area contributed by atoms with E-state index in [-0.39, 0.29) is 30.4 Å². The molecule has 0 aliphatic heterocycles. The quantitative estimate of drug-likeness (QED) is 0.182. The van der Waals surface area contributed by atoms with Gasteiger partial charge in [-0.2, -0.15) is 0 Å². The number of hydrogen-bond donors (Lipinski definition) is 3. The standard InChI is InChI=1S/C33H29BrN2O6/c1-20(41-18-21-9-3-2-4-10-21)30(31(37)35-29-17-22(32(38)39)15-16-28(29)34)36-33(40)42-19-27-25-13-7-5-11-23(25)24-12-6-8-14-26(24)27/h2-17,20,27,30H,18-19H2,1H3,(H,35,37)(H,36,40)(H,38,39). The molecule has 0 aromatic heterocycles. The van der Waals surface area contributed by atoms with E-state index in [9.17, 15) is 19.5 Å². The van der Waals surface area contributed by atoms with Gasteiger partial charge < -0.3 is 25.2 Å². The molecule has 4 aromatic rings. The third-order valence-corrected chi connectivity index (χ3v) is 7.89. The summed E-state index contributed by atoms with van der Waals surface area (Å²) >= 11 is 3.34. The number of nitrogens with one attached hydrogen (secondary N) is 2. The van der Waals surface area contributed by atoms with Crippen molar-refractivity contribution in [2.45, 2.75) is 31.6 Å². The molecule has 1 aliphatic rings. The number of benzene rings is 4. The fourth-order valence-corrected chi connectivity index (χ4v) is 5.37. The Morgan fingerprint density at radius 2 is 1.50 bits per heavy atom. The third-order valence-electron chi connectivity index (χ3n) is 7.20. The number of carbonyl (C=O) groups excluding carboxylic acids is 2. The lowest BCUT2D eigenvalue weighted by molar-refractivity contribution is -0.122. The van der Waals surface area contributed by atoms with E-state index in [1.165, 1.54) is 18.2 Å². The van der Waals surface area contributed by atoms with Crippen molar-refractivity contribution in [2.24, 2.45) is 0 Å². The number of carboxylic acid groups (broad SMARTS) is 1. The number of hydrogen-bond acceptors (Lipinski definition) is 5. The van der Waals surface area contributed by atoms with Crippen LogP contribution in [0.4, 0.5) is 10.5 Å². The van der Waals surface area contributed by atoms with Gasteiger partial charge in [-0.05, 0) is 68.9 Å². The Bertz CT molecular complexity index is 1560. The van der Waals surface area contributed by atoms with Crippen LogP contribution in [-0.2, 0) is 20.9 Å². The van der Waals surface area contributed by atoms with Crippen molar-refractivity contribution in [1.29, 1.82) is 0 Å². The summed E-state index contributed by atoms with van der Waals surface area (Å²) in [5.41, 5.74) is 5.51. The van der Waals surface area contributed by atoms with Crippen LogP contribution in [0.3, 0.4) is 0 Å². The van der Waals surface area contributed by atoms with Crippen LogP contribution in [0.15, 0.2) is 102 Å². The molecule has 0 radical (unpaired) electrons. The average Bonchev–Trinajstić information content (AvgIpc) is 3.32. The predicted octanol–water partition coefficient (Wildman–Crippen LogP) is 6.60. The van der Waals surface area contributed by atoms with E-state index >= 15 is 0 Å². The van der Waals surface area contributed by atoms with E-state index in [4.69, 9.17) is 9.47 Å². The molecule has 2 atom stereocenters. The van der Waals surface area contributed by atoms with Gasteiger partial charge in [0.1, 0.15) is 12.6 Å². The topological polar surface area (TPSA) is 114 Å². The molecule has 2 amide bonds. The molecule has 3 N–H and O–H groups in total. The van der Waals surface area contributed by atoms with Gasteiger partial charge in [-0.15, -0.1) is 0 Å². The number of alkyl carbamates (subject to hydrolysis) is 1. The van der Waals surface area contributed by atoms with E-state index in [0.717, 1.165) is 27.8 Å². The lowest BCUT2D eigenvalue weighted by Gasteiger charge is -2.25. The number of aromatic carboxylic acids is 1. The van der Waals surface area contributed by atoms with Crippen LogP contribution in [-0.4, -0.2) is 41.8 Å². The van der Waals surface area contributed by atoms with Crippen LogP contribution in [0.5, 0.6) is 0 Å². The van der Waals surface area contributed by atoms with Gasteiger partial charge in [-0.1, -0.05) is 78.9 Å². The van der Waals surface area contributed by atoms with Gasteiger partial charge in [0, 0.05) is 10.4 Å². The maximum absolute atomic E-state index is 13.5. The van der Waals surface area contributed by atoms with Gasteiger partial charge in [0.05, 0.1) is 24.0 Å². The maximum Gasteiger partial charge on any atom is 0.407 e. The molecule has 0 saturated heterocycles. The lowest BCUT2D eigenvalue weighted by Crippen LogP contribution is -2.51. The summed E-state index contributed by atoms with van der Waals surface area (Å²) in [5.74, 6) is -1.87. The zero-order valence-electron chi connectivity index (χ0n) is 22.8. The first kappa shape index (κ1) is 29.0. The van der Waals surface area contributed by atoms with E-state index in [1.54, 1.807) is 6.92 Å². The van der Waals surface area contributed by atoms with Gasteiger partial charge in [-0.25, -0.2) is 9.59 Å². The Kier molecular flexibility index (Phi) is 9.00. The molecular formula is C33H29BrN2O6. The number of amides is 2. The Morgan fingerprint density at radius 3 is 2.14 bits per heavy atom. The molecule has 42 heavy (non-hydrogen) atoms. The van der Waals surface area contributed by atoms with Crippen LogP contribution in [0.2, 0.25) is 0 Å². The second-order valence-electron chi connectivity index (χ2n) is 9.94. The van der Waals surface area contributed by atoms with Crippen LogP contribution in [0.25, 0.3) is 11.1 Å². The van der Waals surface area contributed by atoms with Gasteiger partial charge in [0.15, 0.2) is 0 Å². The molecule has 0 spiro atoms. The largest absolute Gasteiger partial charge is 0.478 e. The first-order valence-corrected chi connectivity index (χ1v) is 14.2. The molecule has 2 unspecified atom stereocenters. The second-order valence-corrected chi connectivity index (χ2v) is 10.8. The van der Waals surface area contributed by atoms with Crippen molar-refractivity contribution in [1.82, 2.24) is 5.32 Å². The minimum Gasteiger partial charge on any atom is -0.478 e. The molecule has 0 bridgehead atoms. The maximum atomic E-state index is 13.5. The second kappa shape index (κ2) is 13.0.